The van der Waals surface area contributed by atoms with E-state index in [1.165, 1.54) is 0 Å². The molecule has 0 N–H and O–H groups in total. The maximum absolute atomic E-state index is 16.3. The van der Waals surface area contributed by atoms with Crippen LogP contribution in [0.15, 0.2) is 182 Å². The summed E-state index contributed by atoms with van der Waals surface area (Å²) in [5.41, 5.74) is -0.700. The second-order valence-electron chi connectivity index (χ2n) is 13.5. The number of rotatable bonds is 12. The summed E-state index contributed by atoms with van der Waals surface area (Å²) in [7, 11) is -2.32. The molecule has 0 aromatic heterocycles. The lowest BCUT2D eigenvalue weighted by molar-refractivity contribution is 0.0174. The Hall–Kier alpha value is -6.69. The summed E-state index contributed by atoms with van der Waals surface area (Å²) < 4.78 is 129. The number of fused-ring (bicyclic) bond motifs is 1. The minimum absolute atomic E-state index is 0.472. The van der Waals surface area contributed by atoms with Crippen molar-refractivity contribution in [2.24, 2.45) is 0 Å². The lowest BCUT2D eigenvalue weighted by Gasteiger charge is -2.41. The van der Waals surface area contributed by atoms with E-state index < -0.39 is 75.8 Å². The van der Waals surface area contributed by atoms with E-state index in [0.29, 0.717) is 33.4 Å². The molecule has 0 heterocycles. The molecule has 0 bridgehead atoms. The monoisotopic (exact) mass is 798 g/mol. The zero-order chi connectivity index (χ0) is 41.1. The summed E-state index contributed by atoms with van der Waals surface area (Å²) in [6, 6.07) is 52.5. The van der Waals surface area contributed by atoms with E-state index in [-0.39, 0.29) is 0 Å². The zero-order valence-electron chi connectivity index (χ0n) is 30.8. The highest BCUT2D eigenvalue weighted by Crippen LogP contribution is 2.47. The molecule has 11 heteroatoms. The predicted molar refractivity (Wildman–Crippen MR) is 211 cm³/mol. The molecule has 0 spiro atoms. The molecule has 0 atom stereocenters. The van der Waals surface area contributed by atoms with Gasteiger partial charge in [-0.15, -0.1) is 0 Å². The molecule has 0 saturated heterocycles. The highest BCUT2D eigenvalue weighted by Gasteiger charge is 2.51. The Morgan fingerprint density at radius 1 is 0.288 bits per heavy atom. The van der Waals surface area contributed by atoms with E-state index >= 15 is 26.3 Å². The maximum atomic E-state index is 16.3. The Morgan fingerprint density at radius 3 is 0.797 bits per heavy atom. The largest absolute Gasteiger partial charge is 0.715 e. The molecule has 8 aromatic rings. The second-order valence-corrected chi connectivity index (χ2v) is 13.5. The smallest absolute Gasteiger partial charge is 0.509 e. The Morgan fingerprint density at radius 2 is 0.525 bits per heavy atom. The van der Waals surface area contributed by atoms with Gasteiger partial charge in [0.25, 0.3) is 0 Å². The third-order valence-electron chi connectivity index (χ3n) is 10.1. The first-order valence-corrected chi connectivity index (χ1v) is 18.4. The average Bonchev–Trinajstić information content (AvgIpc) is 3.30. The SMILES string of the molecule is Fc1c(F)c(F)c2c(OB(OC(c3ccccc3)(c3ccccc3)c3ccccc3)OC(c3ccccc3)(c3ccccc3)c3ccccc3)c(F)c(F)c(F)c2c1F. The molecular weight excluding hydrogens is 768 g/mol. The van der Waals surface area contributed by atoms with E-state index in [2.05, 4.69) is 0 Å². The van der Waals surface area contributed by atoms with Crippen molar-refractivity contribution in [3.63, 3.8) is 0 Å². The molecule has 8 aromatic carbocycles. The number of benzene rings is 8. The molecular formula is C48H30BF7O3. The summed E-state index contributed by atoms with van der Waals surface area (Å²) in [6.45, 7) is 0. The second kappa shape index (κ2) is 16.3. The minimum Gasteiger partial charge on any atom is -0.509 e. The van der Waals surface area contributed by atoms with Crippen LogP contribution in [0, 0.1) is 40.7 Å². The van der Waals surface area contributed by atoms with E-state index in [9.17, 15) is 4.39 Å². The van der Waals surface area contributed by atoms with Crippen molar-refractivity contribution in [3.05, 3.63) is 256 Å². The molecule has 0 radical (unpaired) electrons. The Bertz CT molecular complexity index is 2380. The molecule has 0 aliphatic carbocycles. The van der Waals surface area contributed by atoms with Gasteiger partial charge < -0.3 is 14.0 Å². The van der Waals surface area contributed by atoms with E-state index in [1.54, 1.807) is 182 Å². The first-order valence-electron chi connectivity index (χ1n) is 18.4. The number of halogens is 7. The molecule has 0 aliphatic rings. The summed E-state index contributed by atoms with van der Waals surface area (Å²) in [5, 5.41) is -3.29. The van der Waals surface area contributed by atoms with Crippen LogP contribution in [0.2, 0.25) is 0 Å². The van der Waals surface area contributed by atoms with Crippen molar-refractivity contribution >= 4 is 18.1 Å². The quantitative estimate of drug-likeness (QED) is 0.0405. The Kier molecular flexibility index (Phi) is 10.8. The summed E-state index contributed by atoms with van der Waals surface area (Å²) >= 11 is 0. The van der Waals surface area contributed by atoms with E-state index in [0.717, 1.165) is 0 Å². The minimum atomic E-state index is -2.44. The van der Waals surface area contributed by atoms with Gasteiger partial charge in [0.1, 0.15) is 11.2 Å². The predicted octanol–water partition coefficient (Wildman–Crippen LogP) is 12.2. The molecule has 0 amide bonds. The average molecular weight is 799 g/mol. The van der Waals surface area contributed by atoms with Crippen molar-refractivity contribution in [1.82, 2.24) is 0 Å². The molecule has 0 aliphatic heterocycles. The molecule has 292 valence electrons. The van der Waals surface area contributed by atoms with Crippen LogP contribution in [0.25, 0.3) is 10.8 Å². The molecule has 8 rings (SSSR count). The van der Waals surface area contributed by atoms with Crippen molar-refractivity contribution in [2.75, 3.05) is 0 Å². The molecule has 59 heavy (non-hydrogen) atoms. The fourth-order valence-electron chi connectivity index (χ4n) is 7.48. The van der Waals surface area contributed by atoms with Gasteiger partial charge in [0.15, 0.2) is 40.7 Å². The topological polar surface area (TPSA) is 27.7 Å². The van der Waals surface area contributed by atoms with Gasteiger partial charge in [0, 0.05) is 0 Å². The van der Waals surface area contributed by atoms with Crippen LogP contribution in [0.5, 0.6) is 5.75 Å². The standard InChI is InChI=1S/C48H30BF7O3/c50-39-37-38(41(52)43(54)42(39)53)46(45(56)44(55)40(37)51)57-49(58-47(31-19-7-1-8-20-31,32-21-9-2-10-22-32)33-23-11-3-12-24-33)59-48(34-25-13-4-14-26-34,35-27-15-5-16-28-35)36-29-17-6-18-30-36/h1-30H. The van der Waals surface area contributed by atoms with Gasteiger partial charge in [0.2, 0.25) is 5.82 Å². The third-order valence-corrected chi connectivity index (χ3v) is 10.1. The van der Waals surface area contributed by atoms with Crippen LogP contribution >= 0.6 is 0 Å². The van der Waals surface area contributed by atoms with Gasteiger partial charge in [-0.3, -0.25) is 0 Å². The fourth-order valence-corrected chi connectivity index (χ4v) is 7.48. The highest BCUT2D eigenvalue weighted by atomic mass is 19.2. The third kappa shape index (κ3) is 6.82. The number of hydrogen-bond donors (Lipinski definition) is 0. The van der Waals surface area contributed by atoms with Gasteiger partial charge in [-0.05, 0) is 33.4 Å². The lowest BCUT2D eigenvalue weighted by Crippen LogP contribution is -2.48. The molecule has 0 unspecified atom stereocenters. The molecule has 0 fully saturated rings. The van der Waals surface area contributed by atoms with Crippen LogP contribution in [-0.2, 0) is 20.5 Å². The van der Waals surface area contributed by atoms with Crippen LogP contribution in [0.4, 0.5) is 30.7 Å². The fraction of sp³-hybridized carbons (Fsp3) is 0.0417. The van der Waals surface area contributed by atoms with Crippen molar-refractivity contribution in [3.8, 4) is 5.75 Å². The van der Waals surface area contributed by atoms with Crippen molar-refractivity contribution in [1.29, 1.82) is 0 Å². The normalized spacial score (nSPS) is 11.8. The first kappa shape index (κ1) is 39.2. The van der Waals surface area contributed by atoms with Crippen molar-refractivity contribution < 1.29 is 44.7 Å². The number of hydrogen-bond acceptors (Lipinski definition) is 3. The van der Waals surface area contributed by atoms with Gasteiger partial charge >= 0.3 is 7.32 Å². The van der Waals surface area contributed by atoms with Gasteiger partial charge in [-0.25, -0.2) is 26.3 Å². The van der Waals surface area contributed by atoms with Crippen molar-refractivity contribution in [2.45, 2.75) is 11.2 Å². The van der Waals surface area contributed by atoms with E-state index in [4.69, 9.17) is 14.0 Å². The van der Waals surface area contributed by atoms with Crippen LogP contribution in [0.1, 0.15) is 33.4 Å². The first-order chi connectivity index (χ1) is 28.7. The van der Waals surface area contributed by atoms with Crippen LogP contribution in [-0.4, -0.2) is 7.32 Å². The summed E-state index contributed by atoms with van der Waals surface area (Å²) in [5.74, 6) is -17.8. The van der Waals surface area contributed by atoms with Gasteiger partial charge in [-0.1, -0.05) is 182 Å². The molecule has 3 nitrogen and oxygen atoms in total. The Balaban J connectivity index is 1.48. The van der Waals surface area contributed by atoms with Gasteiger partial charge in [-0.2, -0.15) is 4.39 Å². The van der Waals surface area contributed by atoms with Gasteiger partial charge in [0.05, 0.1) is 10.8 Å². The Labute approximate surface area is 335 Å². The maximum Gasteiger partial charge on any atom is 0.715 e. The summed E-state index contributed by atoms with van der Waals surface area (Å²) in [4.78, 5) is 0. The lowest BCUT2D eigenvalue weighted by atomic mass is 9.77. The zero-order valence-corrected chi connectivity index (χ0v) is 30.8. The van der Waals surface area contributed by atoms with Crippen LogP contribution in [0.3, 0.4) is 0 Å². The van der Waals surface area contributed by atoms with Crippen LogP contribution < -0.4 is 4.65 Å². The summed E-state index contributed by atoms with van der Waals surface area (Å²) in [6.07, 6.45) is 0. The van der Waals surface area contributed by atoms with E-state index in [1.807, 2.05) is 0 Å². The highest BCUT2D eigenvalue weighted by molar-refractivity contribution is 6.38. The molecule has 0 saturated carbocycles.